The third-order valence-corrected chi connectivity index (χ3v) is 3.76. The first-order chi connectivity index (χ1) is 12.6. The van der Waals surface area contributed by atoms with Crippen LogP contribution in [0.5, 0.6) is 0 Å². The normalized spacial score (nSPS) is 13.4. The molecule has 0 spiro atoms. The monoisotopic (exact) mass is 351 g/mol. The van der Waals surface area contributed by atoms with E-state index in [-0.39, 0.29) is 37.0 Å². The summed E-state index contributed by atoms with van der Waals surface area (Å²) >= 11 is 0. The minimum atomic E-state index is -0.559. The molecule has 2 aromatic rings. The molecule has 0 radical (unpaired) electrons. The third-order valence-electron chi connectivity index (χ3n) is 3.76. The van der Waals surface area contributed by atoms with Gasteiger partial charge < -0.3 is 10.1 Å². The first-order valence-corrected chi connectivity index (χ1v) is 8.10. The van der Waals surface area contributed by atoms with Crippen LogP contribution in [-0.2, 0) is 20.9 Å². The lowest BCUT2D eigenvalue weighted by Gasteiger charge is -2.11. The van der Waals surface area contributed by atoms with E-state index in [4.69, 9.17) is 4.74 Å². The van der Waals surface area contributed by atoms with Gasteiger partial charge in [-0.25, -0.2) is 10.2 Å². The van der Waals surface area contributed by atoms with E-state index < -0.39 is 5.97 Å². The topological polar surface area (TPSA) is 96.9 Å². The summed E-state index contributed by atoms with van der Waals surface area (Å²) in [7, 11) is 0. The summed E-state index contributed by atoms with van der Waals surface area (Å²) < 4.78 is 5.18. The average molecular weight is 351 g/mol. The standard InChI is InChI=1S/C19H17N3O4/c23-17-11-10-16(21-22-17)19(25)26-12-13-6-8-14(9-7-13)18(24)20-15-4-2-1-3-5-15/h1-9H,10-12H2,(H,20,24)(H,22,23). The number of esters is 1. The van der Waals surface area contributed by atoms with Gasteiger partial charge in [0.2, 0.25) is 5.91 Å². The molecule has 0 bridgehead atoms. The number of ether oxygens (including phenoxy) is 1. The Hall–Kier alpha value is -3.48. The molecule has 1 aliphatic rings. The van der Waals surface area contributed by atoms with E-state index in [1.807, 2.05) is 30.3 Å². The summed E-state index contributed by atoms with van der Waals surface area (Å²) in [5.74, 6) is -0.992. The smallest absolute Gasteiger partial charge is 0.354 e. The molecule has 7 nitrogen and oxygen atoms in total. The molecule has 2 aromatic carbocycles. The molecule has 0 saturated carbocycles. The Morgan fingerprint density at radius 3 is 2.42 bits per heavy atom. The average Bonchev–Trinajstić information content (AvgIpc) is 2.68. The van der Waals surface area contributed by atoms with Gasteiger partial charge in [-0.1, -0.05) is 30.3 Å². The van der Waals surface area contributed by atoms with Crippen LogP contribution in [0.2, 0.25) is 0 Å². The van der Waals surface area contributed by atoms with E-state index in [9.17, 15) is 14.4 Å². The van der Waals surface area contributed by atoms with Crippen LogP contribution in [0.4, 0.5) is 5.69 Å². The van der Waals surface area contributed by atoms with Crippen molar-refractivity contribution in [3.8, 4) is 0 Å². The van der Waals surface area contributed by atoms with Gasteiger partial charge in [0.1, 0.15) is 12.3 Å². The fraction of sp³-hybridized carbons (Fsp3) is 0.158. The highest BCUT2D eigenvalue weighted by molar-refractivity contribution is 6.37. The van der Waals surface area contributed by atoms with Crippen molar-refractivity contribution in [2.24, 2.45) is 5.10 Å². The molecule has 0 saturated heterocycles. The van der Waals surface area contributed by atoms with E-state index in [2.05, 4.69) is 15.8 Å². The molecule has 1 heterocycles. The predicted octanol–water partition coefficient (Wildman–Crippen LogP) is 2.25. The second kappa shape index (κ2) is 8.06. The van der Waals surface area contributed by atoms with Gasteiger partial charge in [0.15, 0.2) is 0 Å². The molecule has 132 valence electrons. The molecule has 3 rings (SSSR count). The van der Waals surface area contributed by atoms with Crippen LogP contribution >= 0.6 is 0 Å². The number of carbonyl (C=O) groups excluding carboxylic acids is 3. The number of hydrazone groups is 1. The zero-order valence-electron chi connectivity index (χ0n) is 13.9. The quantitative estimate of drug-likeness (QED) is 0.808. The van der Waals surface area contributed by atoms with E-state index in [1.54, 1.807) is 24.3 Å². The van der Waals surface area contributed by atoms with Gasteiger partial charge in [0.05, 0.1) is 0 Å². The fourth-order valence-corrected chi connectivity index (χ4v) is 2.33. The summed E-state index contributed by atoms with van der Waals surface area (Å²) in [5.41, 5.74) is 4.42. The van der Waals surface area contributed by atoms with Gasteiger partial charge >= 0.3 is 5.97 Å². The zero-order valence-corrected chi connectivity index (χ0v) is 13.9. The predicted molar refractivity (Wildman–Crippen MR) is 95.4 cm³/mol. The summed E-state index contributed by atoms with van der Waals surface area (Å²) in [4.78, 5) is 35.1. The number of anilines is 1. The van der Waals surface area contributed by atoms with Crippen LogP contribution in [0.15, 0.2) is 59.7 Å². The summed E-state index contributed by atoms with van der Waals surface area (Å²) in [5, 5.41) is 6.49. The Morgan fingerprint density at radius 1 is 1.04 bits per heavy atom. The Morgan fingerprint density at radius 2 is 1.77 bits per heavy atom. The minimum absolute atomic E-state index is 0.0619. The molecule has 0 aromatic heterocycles. The SMILES string of the molecule is O=C1CCC(C(=O)OCc2ccc(C(=O)Nc3ccccc3)cc2)=NN1. The van der Waals surface area contributed by atoms with Crippen molar-refractivity contribution >= 4 is 29.2 Å². The van der Waals surface area contributed by atoms with E-state index in [0.717, 1.165) is 11.3 Å². The maximum absolute atomic E-state index is 12.2. The van der Waals surface area contributed by atoms with Crippen LogP contribution in [0, 0.1) is 0 Å². The maximum atomic E-state index is 12.2. The van der Waals surface area contributed by atoms with Crippen LogP contribution in [0.1, 0.15) is 28.8 Å². The molecule has 0 atom stereocenters. The molecule has 26 heavy (non-hydrogen) atoms. The van der Waals surface area contributed by atoms with Gasteiger partial charge in [0.25, 0.3) is 5.91 Å². The molecular weight excluding hydrogens is 334 g/mol. The Kier molecular flexibility index (Phi) is 5.38. The molecule has 2 N–H and O–H groups in total. The van der Waals surface area contributed by atoms with Gasteiger partial charge in [-0.3, -0.25) is 9.59 Å². The van der Waals surface area contributed by atoms with Crippen LogP contribution in [-0.4, -0.2) is 23.5 Å². The highest BCUT2D eigenvalue weighted by Crippen LogP contribution is 2.11. The Bertz CT molecular complexity index is 845. The van der Waals surface area contributed by atoms with E-state index in [1.165, 1.54) is 0 Å². The number of nitrogens with zero attached hydrogens (tertiary/aromatic N) is 1. The van der Waals surface area contributed by atoms with Crippen LogP contribution in [0.3, 0.4) is 0 Å². The number of nitrogens with one attached hydrogen (secondary N) is 2. The van der Waals surface area contributed by atoms with Gasteiger partial charge in [0, 0.05) is 24.1 Å². The Labute approximate surface area is 150 Å². The van der Waals surface area contributed by atoms with E-state index >= 15 is 0 Å². The Balaban J connectivity index is 1.53. The van der Waals surface area contributed by atoms with Crippen molar-refractivity contribution < 1.29 is 19.1 Å². The zero-order chi connectivity index (χ0) is 18.4. The number of rotatable bonds is 5. The van der Waals surface area contributed by atoms with Gasteiger partial charge in [-0.15, -0.1) is 0 Å². The summed E-state index contributed by atoms with van der Waals surface area (Å²) in [6.45, 7) is 0.0619. The molecule has 0 fully saturated rings. The molecular formula is C19H17N3O4. The first kappa shape index (κ1) is 17.3. The third kappa shape index (κ3) is 4.54. The van der Waals surface area contributed by atoms with Crippen LogP contribution < -0.4 is 10.7 Å². The summed E-state index contributed by atoms with van der Waals surface area (Å²) in [6.07, 6.45) is 0.489. The lowest BCUT2D eigenvalue weighted by atomic mass is 10.1. The number of para-hydroxylation sites is 1. The van der Waals surface area contributed by atoms with Gasteiger partial charge in [-0.2, -0.15) is 5.10 Å². The highest BCUT2D eigenvalue weighted by Gasteiger charge is 2.19. The van der Waals surface area contributed by atoms with E-state index in [0.29, 0.717) is 5.56 Å². The lowest BCUT2D eigenvalue weighted by Crippen LogP contribution is -2.30. The van der Waals surface area contributed by atoms with Gasteiger partial charge in [-0.05, 0) is 29.8 Å². The number of carbonyl (C=O) groups is 3. The number of amides is 2. The number of benzene rings is 2. The van der Waals surface area contributed by atoms with Crippen LogP contribution in [0.25, 0.3) is 0 Å². The molecule has 0 aliphatic carbocycles. The van der Waals surface area contributed by atoms with Crippen molar-refractivity contribution in [3.63, 3.8) is 0 Å². The number of hydrogen-bond donors (Lipinski definition) is 2. The second-order valence-electron chi connectivity index (χ2n) is 5.69. The van der Waals surface area contributed by atoms with Crippen molar-refractivity contribution in [1.82, 2.24) is 5.43 Å². The minimum Gasteiger partial charge on any atom is -0.456 e. The lowest BCUT2D eigenvalue weighted by molar-refractivity contribution is -0.137. The summed E-state index contributed by atoms with van der Waals surface area (Å²) in [6, 6.07) is 15.9. The molecule has 7 heteroatoms. The maximum Gasteiger partial charge on any atom is 0.354 e. The van der Waals surface area contributed by atoms with Crippen molar-refractivity contribution in [2.75, 3.05) is 5.32 Å². The second-order valence-corrected chi connectivity index (χ2v) is 5.69. The fourth-order valence-electron chi connectivity index (χ4n) is 2.33. The van der Waals surface area contributed by atoms with Crippen molar-refractivity contribution in [3.05, 3.63) is 65.7 Å². The van der Waals surface area contributed by atoms with Crippen molar-refractivity contribution in [1.29, 1.82) is 0 Å². The molecule has 0 unspecified atom stereocenters. The van der Waals surface area contributed by atoms with Crippen molar-refractivity contribution in [2.45, 2.75) is 19.4 Å². The first-order valence-electron chi connectivity index (χ1n) is 8.10. The molecule has 1 aliphatic heterocycles. The largest absolute Gasteiger partial charge is 0.456 e. The molecule has 2 amide bonds. The highest BCUT2D eigenvalue weighted by atomic mass is 16.5. The number of hydrogen-bond acceptors (Lipinski definition) is 5.